The maximum absolute atomic E-state index is 11.5. The van der Waals surface area contributed by atoms with E-state index in [9.17, 15) is 13.2 Å². The third-order valence-corrected chi connectivity index (χ3v) is 3.90. The zero-order chi connectivity index (χ0) is 13.5. The molecule has 0 aliphatic heterocycles. The molecule has 0 heterocycles. The average Bonchev–Trinajstić information content (AvgIpc) is 2.20. The number of rotatable bonds is 9. The van der Waals surface area contributed by atoms with Gasteiger partial charge in [0.15, 0.2) is 0 Å². The summed E-state index contributed by atoms with van der Waals surface area (Å²) in [6.07, 6.45) is 5.05. The summed E-state index contributed by atoms with van der Waals surface area (Å²) in [5, 5.41) is 8.78. The molecule has 0 bridgehead atoms. The molecule has 17 heavy (non-hydrogen) atoms. The Morgan fingerprint density at radius 1 is 1.29 bits per heavy atom. The van der Waals surface area contributed by atoms with E-state index in [1.807, 2.05) is 0 Å². The van der Waals surface area contributed by atoms with Gasteiger partial charge in [-0.1, -0.05) is 33.1 Å². The summed E-state index contributed by atoms with van der Waals surface area (Å²) < 4.78 is 24.2. The van der Waals surface area contributed by atoms with Gasteiger partial charge >= 0.3 is 5.97 Å². The lowest BCUT2D eigenvalue weighted by Gasteiger charge is -2.21. The SMILES string of the molecule is CCCCCCN(CC(C)C(=O)O)S(C)(=O)=O. The second kappa shape index (κ2) is 7.66. The molecule has 0 aromatic rings. The number of unbranched alkanes of at least 4 members (excludes halogenated alkanes) is 3. The summed E-state index contributed by atoms with van der Waals surface area (Å²) in [4.78, 5) is 10.7. The van der Waals surface area contributed by atoms with E-state index in [4.69, 9.17) is 5.11 Å². The Kier molecular flexibility index (Phi) is 7.38. The number of hydrogen-bond acceptors (Lipinski definition) is 3. The summed E-state index contributed by atoms with van der Waals surface area (Å²) >= 11 is 0. The predicted molar refractivity (Wildman–Crippen MR) is 67.4 cm³/mol. The van der Waals surface area contributed by atoms with Crippen LogP contribution in [0.15, 0.2) is 0 Å². The number of aliphatic carboxylic acids is 1. The Morgan fingerprint density at radius 2 is 1.88 bits per heavy atom. The van der Waals surface area contributed by atoms with Crippen molar-refractivity contribution < 1.29 is 18.3 Å². The highest BCUT2D eigenvalue weighted by atomic mass is 32.2. The molecule has 0 spiro atoms. The van der Waals surface area contributed by atoms with E-state index >= 15 is 0 Å². The summed E-state index contributed by atoms with van der Waals surface area (Å²) in [5.41, 5.74) is 0. The molecule has 1 N–H and O–H groups in total. The molecule has 5 nitrogen and oxygen atoms in total. The lowest BCUT2D eigenvalue weighted by molar-refractivity contribution is -0.141. The van der Waals surface area contributed by atoms with Crippen LogP contribution in [0.2, 0.25) is 0 Å². The highest BCUT2D eigenvalue weighted by Crippen LogP contribution is 2.08. The normalized spacial score (nSPS) is 13.9. The molecule has 0 aromatic heterocycles. The van der Waals surface area contributed by atoms with Crippen LogP contribution < -0.4 is 0 Å². The van der Waals surface area contributed by atoms with Gasteiger partial charge in [-0.25, -0.2) is 12.7 Å². The first-order chi connectivity index (χ1) is 7.79. The van der Waals surface area contributed by atoms with Gasteiger partial charge in [0.1, 0.15) is 0 Å². The average molecular weight is 265 g/mol. The summed E-state index contributed by atoms with van der Waals surface area (Å²) in [7, 11) is -3.31. The number of nitrogens with zero attached hydrogens (tertiary/aromatic N) is 1. The topological polar surface area (TPSA) is 74.7 Å². The van der Waals surface area contributed by atoms with E-state index in [0.29, 0.717) is 6.54 Å². The molecule has 102 valence electrons. The first-order valence-corrected chi connectivity index (χ1v) is 7.81. The van der Waals surface area contributed by atoms with Crippen molar-refractivity contribution in [3.63, 3.8) is 0 Å². The number of carboxylic acids is 1. The van der Waals surface area contributed by atoms with Crippen molar-refractivity contribution in [2.75, 3.05) is 19.3 Å². The van der Waals surface area contributed by atoms with Gasteiger partial charge in [0.2, 0.25) is 10.0 Å². The molecule has 0 fully saturated rings. The minimum absolute atomic E-state index is 0.0558. The van der Waals surface area contributed by atoms with Crippen LogP contribution in [0, 0.1) is 5.92 Å². The van der Waals surface area contributed by atoms with Gasteiger partial charge in [0.25, 0.3) is 0 Å². The number of carbonyl (C=O) groups is 1. The van der Waals surface area contributed by atoms with Crippen LogP contribution >= 0.6 is 0 Å². The van der Waals surface area contributed by atoms with Crippen molar-refractivity contribution in [3.8, 4) is 0 Å². The zero-order valence-electron chi connectivity index (χ0n) is 10.8. The largest absolute Gasteiger partial charge is 0.481 e. The Bertz CT molecular complexity index is 326. The molecule has 1 unspecified atom stereocenters. The van der Waals surface area contributed by atoms with Gasteiger partial charge in [-0.2, -0.15) is 0 Å². The molecule has 0 rings (SSSR count). The Labute approximate surface area is 104 Å². The van der Waals surface area contributed by atoms with Crippen LogP contribution in [-0.2, 0) is 14.8 Å². The Morgan fingerprint density at radius 3 is 2.29 bits per heavy atom. The molecule has 0 aromatic carbocycles. The molecule has 0 amide bonds. The van der Waals surface area contributed by atoms with Crippen molar-refractivity contribution in [2.24, 2.45) is 5.92 Å². The number of sulfonamides is 1. The number of hydrogen-bond donors (Lipinski definition) is 1. The smallest absolute Gasteiger partial charge is 0.307 e. The molecule has 0 aliphatic carbocycles. The second-order valence-corrected chi connectivity index (χ2v) is 6.40. The summed E-state index contributed by atoms with van der Waals surface area (Å²) in [6.45, 7) is 4.07. The molecule has 0 saturated carbocycles. The summed E-state index contributed by atoms with van der Waals surface area (Å²) in [6, 6.07) is 0. The van der Waals surface area contributed by atoms with Crippen LogP contribution in [0.1, 0.15) is 39.5 Å². The van der Waals surface area contributed by atoms with E-state index in [1.54, 1.807) is 0 Å². The molecule has 6 heteroatoms. The van der Waals surface area contributed by atoms with Gasteiger partial charge in [-0.3, -0.25) is 4.79 Å². The zero-order valence-corrected chi connectivity index (χ0v) is 11.7. The van der Waals surface area contributed by atoms with E-state index < -0.39 is 21.9 Å². The highest BCUT2D eigenvalue weighted by molar-refractivity contribution is 7.88. The monoisotopic (exact) mass is 265 g/mol. The van der Waals surface area contributed by atoms with Crippen LogP contribution in [-0.4, -0.2) is 43.1 Å². The predicted octanol–water partition coefficient (Wildman–Crippen LogP) is 1.55. The second-order valence-electron chi connectivity index (χ2n) is 4.42. The third kappa shape index (κ3) is 7.33. The van der Waals surface area contributed by atoms with E-state index in [0.717, 1.165) is 31.9 Å². The van der Waals surface area contributed by atoms with Crippen molar-refractivity contribution >= 4 is 16.0 Å². The minimum Gasteiger partial charge on any atom is -0.481 e. The van der Waals surface area contributed by atoms with Crippen molar-refractivity contribution in [2.45, 2.75) is 39.5 Å². The number of carboxylic acid groups (broad SMARTS) is 1. The Balaban J connectivity index is 4.31. The lowest BCUT2D eigenvalue weighted by Crippen LogP contribution is -2.36. The minimum atomic E-state index is -3.31. The maximum atomic E-state index is 11.5. The van der Waals surface area contributed by atoms with Gasteiger partial charge in [0, 0.05) is 13.1 Å². The van der Waals surface area contributed by atoms with Crippen molar-refractivity contribution in [1.82, 2.24) is 4.31 Å². The first-order valence-electron chi connectivity index (χ1n) is 5.97. The maximum Gasteiger partial charge on any atom is 0.307 e. The highest BCUT2D eigenvalue weighted by Gasteiger charge is 2.22. The fourth-order valence-electron chi connectivity index (χ4n) is 1.49. The molecular weight excluding hydrogens is 242 g/mol. The van der Waals surface area contributed by atoms with Crippen molar-refractivity contribution in [3.05, 3.63) is 0 Å². The quantitative estimate of drug-likeness (QED) is 0.642. The van der Waals surface area contributed by atoms with Crippen molar-refractivity contribution in [1.29, 1.82) is 0 Å². The fraction of sp³-hybridized carbons (Fsp3) is 0.909. The van der Waals surface area contributed by atoms with Crippen LogP contribution in [0.4, 0.5) is 0 Å². The molecule has 1 atom stereocenters. The first kappa shape index (κ1) is 16.4. The standard InChI is InChI=1S/C11H23NO4S/c1-4-5-6-7-8-12(17(3,15)16)9-10(2)11(13)14/h10H,4-9H2,1-3H3,(H,13,14). The van der Waals surface area contributed by atoms with E-state index in [-0.39, 0.29) is 6.54 Å². The third-order valence-electron chi connectivity index (χ3n) is 2.63. The molecule has 0 saturated heterocycles. The lowest BCUT2D eigenvalue weighted by atomic mass is 10.1. The Hall–Kier alpha value is -0.620. The molecule has 0 radical (unpaired) electrons. The molecule has 0 aliphatic rings. The molecular formula is C11H23NO4S. The van der Waals surface area contributed by atoms with Crippen LogP contribution in [0.25, 0.3) is 0 Å². The van der Waals surface area contributed by atoms with Gasteiger partial charge in [-0.05, 0) is 6.42 Å². The van der Waals surface area contributed by atoms with E-state index in [1.165, 1.54) is 11.2 Å². The van der Waals surface area contributed by atoms with Gasteiger partial charge < -0.3 is 5.11 Å². The fourth-order valence-corrected chi connectivity index (χ4v) is 2.45. The van der Waals surface area contributed by atoms with Gasteiger partial charge in [-0.15, -0.1) is 0 Å². The van der Waals surface area contributed by atoms with E-state index in [2.05, 4.69) is 6.92 Å². The van der Waals surface area contributed by atoms with Crippen LogP contribution in [0.5, 0.6) is 0 Å². The van der Waals surface area contributed by atoms with Gasteiger partial charge in [0.05, 0.1) is 12.2 Å². The summed E-state index contributed by atoms with van der Waals surface area (Å²) in [5.74, 6) is -1.64. The van der Waals surface area contributed by atoms with Crippen LogP contribution in [0.3, 0.4) is 0 Å².